The number of hydrogen-bond donors (Lipinski definition) is 2. The molecule has 28 heavy (non-hydrogen) atoms. The molecule has 0 aliphatic heterocycles. The third-order valence-electron chi connectivity index (χ3n) is 4.72. The van der Waals surface area contributed by atoms with Crippen LogP contribution in [0.1, 0.15) is 51.2 Å². The van der Waals surface area contributed by atoms with E-state index in [-0.39, 0.29) is 29.9 Å². The Balaban J connectivity index is 1.92. The van der Waals surface area contributed by atoms with Crippen molar-refractivity contribution >= 4 is 28.5 Å². The molecular formula is C22H21NO5. The van der Waals surface area contributed by atoms with Gasteiger partial charge in [0.2, 0.25) is 0 Å². The van der Waals surface area contributed by atoms with Crippen LogP contribution in [0.4, 0.5) is 0 Å². The predicted molar refractivity (Wildman–Crippen MR) is 105 cm³/mol. The normalized spacial score (nSPS) is 11.9. The van der Waals surface area contributed by atoms with Gasteiger partial charge in [0.1, 0.15) is 0 Å². The van der Waals surface area contributed by atoms with E-state index in [1.165, 1.54) is 6.20 Å². The van der Waals surface area contributed by atoms with Gasteiger partial charge in [0.15, 0.2) is 5.78 Å². The summed E-state index contributed by atoms with van der Waals surface area (Å²) in [6.45, 7) is 3.52. The maximum absolute atomic E-state index is 12.8. The zero-order valence-corrected chi connectivity index (χ0v) is 15.7. The molecule has 0 amide bonds. The SMILES string of the molecule is CCOC(=O)c1c(C(CC(=O)c2ccc3ccccc3c2)C(=O)O)c[nH]c1C. The fourth-order valence-corrected chi connectivity index (χ4v) is 3.29. The molecule has 3 aromatic rings. The van der Waals surface area contributed by atoms with Crippen molar-refractivity contribution in [3.8, 4) is 0 Å². The fourth-order valence-electron chi connectivity index (χ4n) is 3.29. The number of aryl methyl sites for hydroxylation is 1. The number of carboxylic acids is 1. The van der Waals surface area contributed by atoms with Gasteiger partial charge in [-0.1, -0.05) is 36.4 Å². The molecule has 0 fully saturated rings. The van der Waals surface area contributed by atoms with E-state index < -0.39 is 17.9 Å². The first-order chi connectivity index (χ1) is 13.4. The summed E-state index contributed by atoms with van der Waals surface area (Å²) in [5.74, 6) is -3.21. The van der Waals surface area contributed by atoms with E-state index in [1.807, 2.05) is 30.3 Å². The molecule has 1 atom stereocenters. The predicted octanol–water partition coefficient (Wildman–Crippen LogP) is 4.09. The molecule has 0 radical (unpaired) electrons. The van der Waals surface area contributed by atoms with Gasteiger partial charge in [0.25, 0.3) is 0 Å². The van der Waals surface area contributed by atoms with E-state index in [9.17, 15) is 19.5 Å². The van der Waals surface area contributed by atoms with Crippen molar-refractivity contribution in [2.24, 2.45) is 0 Å². The number of fused-ring (bicyclic) bond motifs is 1. The van der Waals surface area contributed by atoms with Gasteiger partial charge in [-0.25, -0.2) is 4.79 Å². The molecule has 0 aliphatic carbocycles. The van der Waals surface area contributed by atoms with Crippen molar-refractivity contribution in [3.05, 3.63) is 71.0 Å². The van der Waals surface area contributed by atoms with Crippen LogP contribution in [0.5, 0.6) is 0 Å². The minimum Gasteiger partial charge on any atom is -0.481 e. The Hall–Kier alpha value is -3.41. The quantitative estimate of drug-likeness (QED) is 0.476. The topological polar surface area (TPSA) is 96.5 Å². The molecule has 0 saturated heterocycles. The van der Waals surface area contributed by atoms with Crippen LogP contribution in [0.25, 0.3) is 10.8 Å². The Kier molecular flexibility index (Phi) is 5.59. The number of rotatable bonds is 7. The van der Waals surface area contributed by atoms with Gasteiger partial charge < -0.3 is 14.8 Å². The van der Waals surface area contributed by atoms with Crippen LogP contribution in [-0.2, 0) is 9.53 Å². The van der Waals surface area contributed by atoms with E-state index in [2.05, 4.69) is 4.98 Å². The highest BCUT2D eigenvalue weighted by molar-refractivity contribution is 6.03. The molecule has 0 bridgehead atoms. The lowest BCUT2D eigenvalue weighted by molar-refractivity contribution is -0.138. The smallest absolute Gasteiger partial charge is 0.340 e. The van der Waals surface area contributed by atoms with Crippen molar-refractivity contribution < 1.29 is 24.2 Å². The Morgan fingerprint density at radius 2 is 1.82 bits per heavy atom. The molecule has 2 N–H and O–H groups in total. The van der Waals surface area contributed by atoms with Gasteiger partial charge in [-0.15, -0.1) is 0 Å². The Labute approximate surface area is 162 Å². The minimum atomic E-state index is -1.17. The summed E-state index contributed by atoms with van der Waals surface area (Å²) in [6.07, 6.45) is 1.21. The summed E-state index contributed by atoms with van der Waals surface area (Å²) in [5.41, 5.74) is 1.39. The number of hydrogen-bond acceptors (Lipinski definition) is 4. The number of carbonyl (C=O) groups is 3. The molecule has 1 heterocycles. The van der Waals surface area contributed by atoms with Crippen LogP contribution in [0.2, 0.25) is 0 Å². The summed E-state index contributed by atoms with van der Waals surface area (Å²) < 4.78 is 5.04. The van der Waals surface area contributed by atoms with Gasteiger partial charge in [-0.3, -0.25) is 9.59 Å². The lowest BCUT2D eigenvalue weighted by atomic mass is 9.90. The maximum atomic E-state index is 12.8. The summed E-state index contributed by atoms with van der Waals surface area (Å²) in [6, 6.07) is 12.9. The van der Waals surface area contributed by atoms with Crippen molar-refractivity contribution in [2.45, 2.75) is 26.2 Å². The number of aliphatic carboxylic acids is 1. The van der Waals surface area contributed by atoms with Crippen LogP contribution >= 0.6 is 0 Å². The zero-order chi connectivity index (χ0) is 20.3. The van der Waals surface area contributed by atoms with Crippen molar-refractivity contribution in [1.82, 2.24) is 4.98 Å². The molecule has 1 unspecified atom stereocenters. The largest absolute Gasteiger partial charge is 0.481 e. The van der Waals surface area contributed by atoms with Crippen LogP contribution < -0.4 is 0 Å². The summed E-state index contributed by atoms with van der Waals surface area (Å²) in [5, 5.41) is 11.6. The highest BCUT2D eigenvalue weighted by Crippen LogP contribution is 2.29. The highest BCUT2D eigenvalue weighted by Gasteiger charge is 2.30. The molecule has 0 spiro atoms. The number of esters is 1. The Bertz CT molecular complexity index is 1050. The monoisotopic (exact) mass is 379 g/mol. The van der Waals surface area contributed by atoms with E-state index >= 15 is 0 Å². The van der Waals surface area contributed by atoms with E-state index in [0.29, 0.717) is 11.3 Å². The van der Waals surface area contributed by atoms with E-state index in [4.69, 9.17) is 4.74 Å². The number of aromatic nitrogens is 1. The second-order valence-electron chi connectivity index (χ2n) is 6.54. The summed E-state index contributed by atoms with van der Waals surface area (Å²) in [7, 11) is 0. The molecule has 3 rings (SSSR count). The van der Waals surface area contributed by atoms with Crippen molar-refractivity contribution in [2.75, 3.05) is 6.61 Å². The average molecular weight is 379 g/mol. The molecule has 6 nitrogen and oxygen atoms in total. The lowest BCUT2D eigenvalue weighted by Gasteiger charge is -2.13. The van der Waals surface area contributed by atoms with Crippen LogP contribution in [0, 0.1) is 6.92 Å². The Morgan fingerprint density at radius 1 is 1.11 bits per heavy atom. The highest BCUT2D eigenvalue weighted by atomic mass is 16.5. The van der Waals surface area contributed by atoms with Gasteiger partial charge >= 0.3 is 11.9 Å². The molecule has 6 heteroatoms. The minimum absolute atomic E-state index is 0.177. The number of H-pyrrole nitrogens is 1. The van der Waals surface area contributed by atoms with Gasteiger partial charge in [0, 0.05) is 23.9 Å². The van der Waals surface area contributed by atoms with Crippen LogP contribution in [-0.4, -0.2) is 34.4 Å². The summed E-state index contributed by atoms with van der Waals surface area (Å²) in [4.78, 5) is 39.8. The second-order valence-corrected chi connectivity index (χ2v) is 6.54. The van der Waals surface area contributed by atoms with Gasteiger partial charge in [-0.2, -0.15) is 0 Å². The number of benzene rings is 2. The number of ketones is 1. The first-order valence-corrected chi connectivity index (χ1v) is 9.02. The molecule has 144 valence electrons. The molecule has 0 saturated carbocycles. The first-order valence-electron chi connectivity index (χ1n) is 9.02. The number of aromatic amines is 1. The molecule has 1 aromatic heterocycles. The number of ether oxygens (including phenoxy) is 1. The average Bonchev–Trinajstić information content (AvgIpc) is 3.06. The molecular weight excluding hydrogens is 358 g/mol. The van der Waals surface area contributed by atoms with Crippen molar-refractivity contribution in [3.63, 3.8) is 0 Å². The Morgan fingerprint density at radius 3 is 2.50 bits per heavy atom. The number of nitrogens with one attached hydrogen (secondary N) is 1. The fraction of sp³-hybridized carbons (Fsp3) is 0.227. The second kappa shape index (κ2) is 8.08. The summed E-state index contributed by atoms with van der Waals surface area (Å²) >= 11 is 0. The molecule has 2 aromatic carbocycles. The standard InChI is InChI=1S/C22H21NO5/c1-3-28-22(27)20-13(2)23-12-18(20)17(21(25)26)11-19(24)16-9-8-14-6-4-5-7-15(14)10-16/h4-10,12,17,23H,3,11H2,1-2H3,(H,25,26). The number of carbonyl (C=O) groups excluding carboxylic acids is 2. The van der Waals surface area contributed by atoms with E-state index in [1.54, 1.807) is 26.0 Å². The maximum Gasteiger partial charge on any atom is 0.340 e. The number of Topliss-reactive ketones (excluding diaryl/α,β-unsaturated/α-hetero) is 1. The third kappa shape index (κ3) is 3.81. The third-order valence-corrected chi connectivity index (χ3v) is 4.72. The van der Waals surface area contributed by atoms with Gasteiger partial charge in [-0.05, 0) is 36.2 Å². The van der Waals surface area contributed by atoms with E-state index in [0.717, 1.165) is 10.8 Å². The van der Waals surface area contributed by atoms with Crippen molar-refractivity contribution in [1.29, 1.82) is 0 Å². The zero-order valence-electron chi connectivity index (χ0n) is 15.7. The van der Waals surface area contributed by atoms with Crippen LogP contribution in [0.3, 0.4) is 0 Å². The van der Waals surface area contributed by atoms with Crippen LogP contribution in [0.15, 0.2) is 48.7 Å². The molecule has 0 aliphatic rings. The number of carboxylic acid groups (broad SMARTS) is 1. The first kappa shape index (κ1) is 19.4. The lowest BCUT2D eigenvalue weighted by Crippen LogP contribution is -2.19. The van der Waals surface area contributed by atoms with Gasteiger partial charge in [0.05, 0.1) is 18.1 Å².